The predicted molar refractivity (Wildman–Crippen MR) is 79.7 cm³/mol. The smallest absolute Gasteiger partial charge is 0.234 e. The molecular weight excluding hydrogens is 264 g/mol. The summed E-state index contributed by atoms with van der Waals surface area (Å²) >= 11 is 0. The maximum atomic E-state index is 11.6. The van der Waals surface area contributed by atoms with Gasteiger partial charge in [0.2, 0.25) is 5.91 Å². The second-order valence-corrected chi connectivity index (χ2v) is 4.07. The number of hydrogen-bond acceptors (Lipinski definition) is 3. The molecule has 5 heteroatoms. The van der Waals surface area contributed by atoms with E-state index in [1.54, 1.807) is 7.11 Å². The molecule has 0 aliphatic carbocycles. The normalized spacial score (nSPS) is 9.79. The average Bonchev–Trinajstić information content (AvgIpc) is 2.41. The Morgan fingerprint density at radius 1 is 1.26 bits per heavy atom. The highest BCUT2D eigenvalue weighted by atomic mass is 35.5. The molecule has 0 fully saturated rings. The molecule has 1 aromatic carbocycles. The van der Waals surface area contributed by atoms with E-state index in [4.69, 9.17) is 4.74 Å². The van der Waals surface area contributed by atoms with Crippen molar-refractivity contribution in [2.45, 2.75) is 19.9 Å². The number of rotatable bonds is 8. The number of methoxy groups -OCH3 is 1. The molecule has 19 heavy (non-hydrogen) atoms. The molecule has 0 unspecified atom stereocenters. The van der Waals surface area contributed by atoms with Gasteiger partial charge in [0, 0.05) is 20.2 Å². The van der Waals surface area contributed by atoms with Gasteiger partial charge in [0.15, 0.2) is 0 Å². The standard InChI is InChI=1S/C14H22N2O2.ClH/c1-3-12-6-4-5-7-13(12)10-16-14(17)11-15-8-9-18-2;/h4-7,15H,3,8-11H2,1-2H3,(H,16,17);1H. The Hall–Kier alpha value is -1.10. The zero-order valence-electron chi connectivity index (χ0n) is 11.6. The number of amides is 1. The van der Waals surface area contributed by atoms with E-state index in [9.17, 15) is 4.79 Å². The van der Waals surface area contributed by atoms with Crippen LogP contribution in [0.3, 0.4) is 0 Å². The van der Waals surface area contributed by atoms with Crippen molar-refractivity contribution in [1.82, 2.24) is 10.6 Å². The van der Waals surface area contributed by atoms with Crippen LogP contribution in [-0.4, -0.2) is 32.7 Å². The first-order valence-electron chi connectivity index (χ1n) is 6.31. The number of ether oxygens (including phenoxy) is 1. The van der Waals surface area contributed by atoms with Gasteiger partial charge in [-0.1, -0.05) is 31.2 Å². The topological polar surface area (TPSA) is 50.4 Å². The van der Waals surface area contributed by atoms with Crippen LogP contribution in [0.25, 0.3) is 0 Å². The molecule has 1 rings (SSSR count). The molecular formula is C14H23ClN2O2. The molecule has 1 amide bonds. The Morgan fingerprint density at radius 2 is 1.95 bits per heavy atom. The Bertz CT molecular complexity index is 372. The van der Waals surface area contributed by atoms with Gasteiger partial charge in [-0.05, 0) is 17.5 Å². The highest BCUT2D eigenvalue weighted by molar-refractivity contribution is 5.85. The third-order valence-electron chi connectivity index (χ3n) is 2.74. The molecule has 0 aromatic heterocycles. The Morgan fingerprint density at radius 3 is 2.58 bits per heavy atom. The molecule has 1 aromatic rings. The molecule has 0 radical (unpaired) electrons. The molecule has 0 aliphatic rings. The number of carbonyl (C=O) groups is 1. The van der Waals surface area contributed by atoms with Crippen molar-refractivity contribution < 1.29 is 9.53 Å². The van der Waals surface area contributed by atoms with Crippen molar-refractivity contribution in [3.05, 3.63) is 35.4 Å². The summed E-state index contributed by atoms with van der Waals surface area (Å²) in [6.45, 7) is 4.35. The number of carbonyl (C=O) groups excluding carboxylic acids is 1. The quantitative estimate of drug-likeness (QED) is 0.713. The van der Waals surface area contributed by atoms with Gasteiger partial charge in [0.05, 0.1) is 13.2 Å². The minimum atomic E-state index is 0. The number of aryl methyl sites for hydroxylation is 1. The van der Waals surface area contributed by atoms with Crippen molar-refractivity contribution >= 4 is 18.3 Å². The van der Waals surface area contributed by atoms with Gasteiger partial charge in [0.25, 0.3) is 0 Å². The van der Waals surface area contributed by atoms with Crippen LogP contribution in [0, 0.1) is 0 Å². The summed E-state index contributed by atoms with van der Waals surface area (Å²) in [5, 5.41) is 5.92. The van der Waals surface area contributed by atoms with Gasteiger partial charge < -0.3 is 15.4 Å². The molecule has 0 saturated carbocycles. The largest absolute Gasteiger partial charge is 0.383 e. The number of nitrogens with one attached hydrogen (secondary N) is 2. The maximum Gasteiger partial charge on any atom is 0.234 e. The van der Waals surface area contributed by atoms with Crippen molar-refractivity contribution in [3.8, 4) is 0 Å². The molecule has 4 nitrogen and oxygen atoms in total. The lowest BCUT2D eigenvalue weighted by molar-refractivity contribution is -0.120. The number of hydrogen-bond donors (Lipinski definition) is 2. The van der Waals surface area contributed by atoms with Crippen molar-refractivity contribution in [1.29, 1.82) is 0 Å². The number of halogens is 1. The Labute approximate surface area is 121 Å². The lowest BCUT2D eigenvalue weighted by Crippen LogP contribution is -2.35. The first-order valence-corrected chi connectivity index (χ1v) is 6.31. The summed E-state index contributed by atoms with van der Waals surface area (Å²) in [5.74, 6) is 0.0111. The lowest BCUT2D eigenvalue weighted by Gasteiger charge is -2.09. The van der Waals surface area contributed by atoms with Crippen LogP contribution >= 0.6 is 12.4 Å². The third kappa shape index (κ3) is 7.15. The fraction of sp³-hybridized carbons (Fsp3) is 0.500. The minimum absolute atomic E-state index is 0. The second-order valence-electron chi connectivity index (χ2n) is 4.07. The second kappa shape index (κ2) is 10.8. The van der Waals surface area contributed by atoms with Crippen molar-refractivity contribution in [2.24, 2.45) is 0 Å². The molecule has 0 bridgehead atoms. The molecule has 0 spiro atoms. The van der Waals surface area contributed by atoms with Gasteiger partial charge in [-0.2, -0.15) is 0 Å². The summed E-state index contributed by atoms with van der Waals surface area (Å²) < 4.78 is 4.89. The zero-order chi connectivity index (χ0) is 13.2. The summed E-state index contributed by atoms with van der Waals surface area (Å²) in [6, 6.07) is 8.17. The maximum absolute atomic E-state index is 11.6. The fourth-order valence-electron chi connectivity index (χ4n) is 1.71. The molecule has 0 aliphatic heterocycles. The molecule has 2 N–H and O–H groups in total. The summed E-state index contributed by atoms with van der Waals surface area (Å²) in [6.07, 6.45) is 0.984. The number of benzene rings is 1. The Balaban J connectivity index is 0.00000324. The van der Waals surface area contributed by atoms with Crippen LogP contribution in [0.15, 0.2) is 24.3 Å². The van der Waals surface area contributed by atoms with E-state index in [2.05, 4.69) is 29.7 Å². The molecule has 0 atom stereocenters. The van der Waals surface area contributed by atoms with Crippen LogP contribution in [0.1, 0.15) is 18.1 Å². The Kier molecular flexibility index (Phi) is 10.2. The van der Waals surface area contributed by atoms with Crippen molar-refractivity contribution in [3.63, 3.8) is 0 Å². The summed E-state index contributed by atoms with van der Waals surface area (Å²) in [7, 11) is 1.64. The molecule has 0 saturated heterocycles. The van der Waals surface area contributed by atoms with Gasteiger partial charge in [-0.3, -0.25) is 4.79 Å². The van der Waals surface area contributed by atoms with Gasteiger partial charge in [-0.15, -0.1) is 12.4 Å². The van der Waals surface area contributed by atoms with E-state index in [0.717, 1.165) is 6.42 Å². The molecule has 108 valence electrons. The van der Waals surface area contributed by atoms with E-state index in [1.807, 2.05) is 12.1 Å². The van der Waals surface area contributed by atoms with Crippen LogP contribution in [-0.2, 0) is 22.5 Å². The van der Waals surface area contributed by atoms with E-state index in [1.165, 1.54) is 11.1 Å². The van der Waals surface area contributed by atoms with Crippen LogP contribution in [0.2, 0.25) is 0 Å². The zero-order valence-corrected chi connectivity index (χ0v) is 12.4. The van der Waals surface area contributed by atoms with Gasteiger partial charge in [-0.25, -0.2) is 0 Å². The van der Waals surface area contributed by atoms with E-state index < -0.39 is 0 Å². The minimum Gasteiger partial charge on any atom is -0.383 e. The third-order valence-corrected chi connectivity index (χ3v) is 2.74. The fourth-order valence-corrected chi connectivity index (χ4v) is 1.71. The van der Waals surface area contributed by atoms with E-state index in [0.29, 0.717) is 26.2 Å². The highest BCUT2D eigenvalue weighted by Gasteiger charge is 2.03. The monoisotopic (exact) mass is 286 g/mol. The highest BCUT2D eigenvalue weighted by Crippen LogP contribution is 2.08. The van der Waals surface area contributed by atoms with E-state index >= 15 is 0 Å². The van der Waals surface area contributed by atoms with Crippen LogP contribution in [0.4, 0.5) is 0 Å². The predicted octanol–water partition coefficient (Wildman–Crippen LogP) is 1.52. The van der Waals surface area contributed by atoms with Gasteiger partial charge >= 0.3 is 0 Å². The summed E-state index contributed by atoms with van der Waals surface area (Å²) in [5.41, 5.74) is 2.47. The van der Waals surface area contributed by atoms with Gasteiger partial charge in [0.1, 0.15) is 0 Å². The SMILES string of the molecule is CCc1ccccc1CNC(=O)CNCCOC.Cl. The lowest BCUT2D eigenvalue weighted by atomic mass is 10.1. The van der Waals surface area contributed by atoms with Crippen LogP contribution in [0.5, 0.6) is 0 Å². The van der Waals surface area contributed by atoms with Crippen LogP contribution < -0.4 is 10.6 Å². The average molecular weight is 287 g/mol. The van der Waals surface area contributed by atoms with Crippen molar-refractivity contribution in [2.75, 3.05) is 26.8 Å². The van der Waals surface area contributed by atoms with E-state index in [-0.39, 0.29) is 18.3 Å². The summed E-state index contributed by atoms with van der Waals surface area (Å²) in [4.78, 5) is 11.6. The first-order chi connectivity index (χ1) is 8.77. The molecule has 0 heterocycles. The first kappa shape index (κ1) is 17.9.